The SMILES string of the molecule is O=C(CCSc1ccccc1)NCc1cccc(CN2CCCCC2)c1. The second-order valence-corrected chi connectivity index (χ2v) is 8.01. The second-order valence-electron chi connectivity index (χ2n) is 6.85. The topological polar surface area (TPSA) is 32.3 Å². The molecule has 2 aromatic carbocycles. The molecule has 1 N–H and O–H groups in total. The Balaban J connectivity index is 1.39. The first kappa shape index (κ1) is 19.0. The predicted octanol–water partition coefficient (Wildman–Crippen LogP) is 4.47. The standard InChI is InChI=1S/C22H28N2OS/c25-22(12-15-26-21-10-3-1-4-11-21)23-17-19-8-7-9-20(16-19)18-24-13-5-2-6-14-24/h1,3-4,7-11,16H,2,5-6,12-15,17-18H2,(H,23,25). The van der Waals surface area contributed by atoms with Crippen molar-refractivity contribution in [1.29, 1.82) is 0 Å². The first-order chi connectivity index (χ1) is 12.8. The maximum atomic E-state index is 12.1. The lowest BCUT2D eigenvalue weighted by Crippen LogP contribution is -2.29. The summed E-state index contributed by atoms with van der Waals surface area (Å²) in [4.78, 5) is 15.8. The van der Waals surface area contributed by atoms with Crippen molar-refractivity contribution in [3.8, 4) is 0 Å². The van der Waals surface area contributed by atoms with Crippen LogP contribution in [-0.4, -0.2) is 29.6 Å². The number of nitrogens with one attached hydrogen (secondary N) is 1. The van der Waals surface area contributed by atoms with Gasteiger partial charge in [-0.2, -0.15) is 0 Å². The number of hydrogen-bond donors (Lipinski definition) is 1. The maximum absolute atomic E-state index is 12.1. The number of likely N-dealkylation sites (tertiary alicyclic amines) is 1. The molecular formula is C22H28N2OS. The molecule has 0 aromatic heterocycles. The van der Waals surface area contributed by atoms with Gasteiger partial charge in [0.1, 0.15) is 0 Å². The summed E-state index contributed by atoms with van der Waals surface area (Å²) >= 11 is 1.73. The molecule has 138 valence electrons. The molecule has 0 radical (unpaired) electrons. The quantitative estimate of drug-likeness (QED) is 0.698. The maximum Gasteiger partial charge on any atom is 0.221 e. The van der Waals surface area contributed by atoms with E-state index in [4.69, 9.17) is 0 Å². The summed E-state index contributed by atoms with van der Waals surface area (Å²) in [5, 5.41) is 3.05. The summed E-state index contributed by atoms with van der Waals surface area (Å²) in [5.74, 6) is 0.931. The molecule has 1 saturated heterocycles. The van der Waals surface area contributed by atoms with Gasteiger partial charge in [-0.05, 0) is 49.2 Å². The third-order valence-electron chi connectivity index (χ3n) is 4.68. The Bertz CT molecular complexity index is 684. The van der Waals surface area contributed by atoms with Crippen LogP contribution in [0.2, 0.25) is 0 Å². The average molecular weight is 369 g/mol. The number of benzene rings is 2. The lowest BCUT2D eigenvalue weighted by molar-refractivity contribution is -0.120. The fourth-order valence-electron chi connectivity index (χ4n) is 3.28. The summed E-state index contributed by atoms with van der Waals surface area (Å²) in [5.41, 5.74) is 2.53. The van der Waals surface area contributed by atoms with Crippen molar-refractivity contribution < 1.29 is 4.79 Å². The largest absolute Gasteiger partial charge is 0.352 e. The highest BCUT2D eigenvalue weighted by atomic mass is 32.2. The van der Waals surface area contributed by atoms with Gasteiger partial charge in [0.25, 0.3) is 0 Å². The fraction of sp³-hybridized carbons (Fsp3) is 0.409. The van der Waals surface area contributed by atoms with Crippen LogP contribution in [0.5, 0.6) is 0 Å². The molecule has 1 heterocycles. The zero-order valence-electron chi connectivity index (χ0n) is 15.3. The van der Waals surface area contributed by atoms with E-state index in [1.807, 2.05) is 18.2 Å². The summed E-state index contributed by atoms with van der Waals surface area (Å²) < 4.78 is 0. The molecule has 0 atom stereocenters. The first-order valence-electron chi connectivity index (χ1n) is 9.54. The van der Waals surface area contributed by atoms with Crippen molar-refractivity contribution in [3.63, 3.8) is 0 Å². The highest BCUT2D eigenvalue weighted by Crippen LogP contribution is 2.18. The highest BCUT2D eigenvalue weighted by molar-refractivity contribution is 7.99. The molecule has 1 aliphatic rings. The Morgan fingerprint density at radius 1 is 0.962 bits per heavy atom. The third kappa shape index (κ3) is 6.50. The lowest BCUT2D eigenvalue weighted by Gasteiger charge is -2.26. The van der Waals surface area contributed by atoms with Gasteiger partial charge in [0.05, 0.1) is 0 Å². The summed E-state index contributed by atoms with van der Waals surface area (Å²) in [7, 11) is 0. The Labute approximate surface area is 161 Å². The number of carbonyl (C=O) groups excluding carboxylic acids is 1. The van der Waals surface area contributed by atoms with Gasteiger partial charge in [0, 0.05) is 30.2 Å². The smallest absolute Gasteiger partial charge is 0.221 e. The van der Waals surface area contributed by atoms with Gasteiger partial charge in [0.15, 0.2) is 0 Å². The number of amides is 1. The second kappa shape index (κ2) is 10.4. The molecule has 0 spiro atoms. The first-order valence-corrected chi connectivity index (χ1v) is 10.5. The molecule has 3 nitrogen and oxygen atoms in total. The van der Waals surface area contributed by atoms with Crippen LogP contribution in [0.25, 0.3) is 0 Å². The van der Waals surface area contributed by atoms with Crippen molar-refractivity contribution in [2.75, 3.05) is 18.8 Å². The molecule has 0 aliphatic carbocycles. The van der Waals surface area contributed by atoms with Gasteiger partial charge >= 0.3 is 0 Å². The molecule has 1 fully saturated rings. The zero-order chi connectivity index (χ0) is 18.0. The molecule has 0 unspecified atom stereocenters. The van der Waals surface area contributed by atoms with E-state index >= 15 is 0 Å². The van der Waals surface area contributed by atoms with Crippen LogP contribution in [-0.2, 0) is 17.9 Å². The number of piperidine rings is 1. The van der Waals surface area contributed by atoms with Crippen molar-refractivity contribution in [1.82, 2.24) is 10.2 Å². The number of rotatable bonds is 8. The molecule has 0 bridgehead atoms. The minimum Gasteiger partial charge on any atom is -0.352 e. The average Bonchev–Trinajstić information content (AvgIpc) is 2.68. The van der Waals surface area contributed by atoms with Gasteiger partial charge in [-0.1, -0.05) is 48.9 Å². The Morgan fingerprint density at radius 2 is 1.73 bits per heavy atom. The van der Waals surface area contributed by atoms with Crippen LogP contribution < -0.4 is 5.32 Å². The molecule has 26 heavy (non-hydrogen) atoms. The third-order valence-corrected chi connectivity index (χ3v) is 5.69. The van der Waals surface area contributed by atoms with E-state index < -0.39 is 0 Å². The highest BCUT2D eigenvalue weighted by Gasteiger charge is 2.10. The van der Waals surface area contributed by atoms with E-state index in [-0.39, 0.29) is 5.91 Å². The van der Waals surface area contributed by atoms with Gasteiger partial charge in [-0.3, -0.25) is 9.69 Å². The normalized spacial score (nSPS) is 14.9. The van der Waals surface area contributed by atoms with Gasteiger partial charge in [-0.25, -0.2) is 0 Å². The number of thioether (sulfide) groups is 1. The molecular weight excluding hydrogens is 340 g/mol. The molecule has 1 amide bonds. The Morgan fingerprint density at radius 3 is 2.54 bits per heavy atom. The fourth-order valence-corrected chi connectivity index (χ4v) is 4.15. The summed E-state index contributed by atoms with van der Waals surface area (Å²) in [6.07, 6.45) is 4.55. The minimum absolute atomic E-state index is 0.120. The Hall–Kier alpha value is -1.78. The van der Waals surface area contributed by atoms with E-state index in [0.29, 0.717) is 13.0 Å². The predicted molar refractivity (Wildman–Crippen MR) is 109 cm³/mol. The number of carbonyl (C=O) groups is 1. The monoisotopic (exact) mass is 368 g/mol. The van der Waals surface area contributed by atoms with Crippen molar-refractivity contribution >= 4 is 17.7 Å². The van der Waals surface area contributed by atoms with Crippen LogP contribution in [0.4, 0.5) is 0 Å². The van der Waals surface area contributed by atoms with E-state index in [1.54, 1.807) is 11.8 Å². The van der Waals surface area contributed by atoms with E-state index in [1.165, 1.54) is 48.4 Å². The Kier molecular flexibility index (Phi) is 7.59. The summed E-state index contributed by atoms with van der Waals surface area (Å²) in [6.45, 7) is 4.05. The van der Waals surface area contributed by atoms with Crippen LogP contribution in [0.15, 0.2) is 59.5 Å². The minimum atomic E-state index is 0.120. The van der Waals surface area contributed by atoms with Crippen molar-refractivity contribution in [2.45, 2.75) is 43.7 Å². The van der Waals surface area contributed by atoms with Crippen LogP contribution in [0, 0.1) is 0 Å². The van der Waals surface area contributed by atoms with Gasteiger partial charge in [-0.15, -0.1) is 11.8 Å². The molecule has 4 heteroatoms. The van der Waals surface area contributed by atoms with Crippen LogP contribution >= 0.6 is 11.8 Å². The zero-order valence-corrected chi connectivity index (χ0v) is 16.1. The lowest BCUT2D eigenvalue weighted by atomic mass is 10.1. The number of hydrogen-bond acceptors (Lipinski definition) is 3. The van der Waals surface area contributed by atoms with Crippen LogP contribution in [0.3, 0.4) is 0 Å². The van der Waals surface area contributed by atoms with Gasteiger partial charge in [0.2, 0.25) is 5.91 Å². The molecule has 2 aromatic rings. The summed E-state index contributed by atoms with van der Waals surface area (Å²) in [6, 6.07) is 18.8. The van der Waals surface area contributed by atoms with E-state index in [9.17, 15) is 4.79 Å². The van der Waals surface area contributed by atoms with Crippen LogP contribution in [0.1, 0.15) is 36.8 Å². The van der Waals surface area contributed by atoms with Crippen molar-refractivity contribution in [2.24, 2.45) is 0 Å². The van der Waals surface area contributed by atoms with Crippen molar-refractivity contribution in [3.05, 3.63) is 65.7 Å². The number of nitrogens with zero attached hydrogens (tertiary/aromatic N) is 1. The van der Waals surface area contributed by atoms with E-state index in [0.717, 1.165) is 12.3 Å². The molecule has 0 saturated carbocycles. The molecule has 3 rings (SSSR count). The van der Waals surface area contributed by atoms with E-state index in [2.05, 4.69) is 46.6 Å². The molecule has 1 aliphatic heterocycles. The van der Waals surface area contributed by atoms with Gasteiger partial charge < -0.3 is 5.32 Å².